The molecule has 3 nitrogen and oxygen atoms in total. The normalized spacial score (nSPS) is 10.8. The first-order valence-corrected chi connectivity index (χ1v) is 7.04. The Morgan fingerprint density at radius 1 is 1.20 bits per heavy atom. The van der Waals surface area contributed by atoms with Crippen molar-refractivity contribution in [1.29, 1.82) is 0 Å². The summed E-state index contributed by atoms with van der Waals surface area (Å²) in [5.74, 6) is 0.765. The van der Waals surface area contributed by atoms with Gasteiger partial charge in [0.2, 0.25) is 5.95 Å². The third-order valence-electron chi connectivity index (χ3n) is 3.31. The van der Waals surface area contributed by atoms with Gasteiger partial charge in [-0.2, -0.15) is 0 Å². The molecule has 0 atom stereocenters. The standard InChI is InChI=1S/C16H22FN3/c1-5-6-20-10-13(4)19-16(20)18-9-14-7-11(2)15(17)12(3)8-14/h7-8,10H,5-6,9H2,1-4H3,(H,18,19). The second kappa shape index (κ2) is 6.07. The van der Waals surface area contributed by atoms with Crippen LogP contribution < -0.4 is 5.32 Å². The van der Waals surface area contributed by atoms with Gasteiger partial charge < -0.3 is 9.88 Å². The molecular weight excluding hydrogens is 253 g/mol. The summed E-state index contributed by atoms with van der Waals surface area (Å²) in [6.45, 7) is 9.34. The van der Waals surface area contributed by atoms with Crippen LogP contribution in [0, 0.1) is 26.6 Å². The molecule has 20 heavy (non-hydrogen) atoms. The summed E-state index contributed by atoms with van der Waals surface area (Å²) in [6, 6.07) is 3.77. The first-order valence-electron chi connectivity index (χ1n) is 7.04. The highest BCUT2D eigenvalue weighted by molar-refractivity contribution is 5.35. The van der Waals surface area contributed by atoms with Gasteiger partial charge in [0, 0.05) is 19.3 Å². The fraction of sp³-hybridized carbons (Fsp3) is 0.438. The predicted molar refractivity (Wildman–Crippen MR) is 80.5 cm³/mol. The van der Waals surface area contributed by atoms with Crippen LogP contribution in [0.25, 0.3) is 0 Å². The maximum absolute atomic E-state index is 13.6. The maximum Gasteiger partial charge on any atom is 0.203 e. The van der Waals surface area contributed by atoms with Gasteiger partial charge in [0.25, 0.3) is 0 Å². The lowest BCUT2D eigenvalue weighted by Crippen LogP contribution is -2.08. The third-order valence-corrected chi connectivity index (χ3v) is 3.31. The number of imidazole rings is 1. The van der Waals surface area contributed by atoms with Crippen LogP contribution in [-0.2, 0) is 13.1 Å². The summed E-state index contributed by atoms with van der Waals surface area (Å²) < 4.78 is 15.7. The zero-order valence-corrected chi connectivity index (χ0v) is 12.6. The van der Waals surface area contributed by atoms with Crippen molar-refractivity contribution in [1.82, 2.24) is 9.55 Å². The number of benzene rings is 1. The Morgan fingerprint density at radius 2 is 1.85 bits per heavy atom. The number of rotatable bonds is 5. The topological polar surface area (TPSA) is 29.9 Å². The summed E-state index contributed by atoms with van der Waals surface area (Å²) in [4.78, 5) is 4.48. The minimum absolute atomic E-state index is 0.114. The summed E-state index contributed by atoms with van der Waals surface area (Å²) in [5.41, 5.74) is 3.46. The summed E-state index contributed by atoms with van der Waals surface area (Å²) in [5, 5.41) is 3.34. The van der Waals surface area contributed by atoms with Crippen LogP contribution in [0.1, 0.15) is 35.7 Å². The van der Waals surface area contributed by atoms with Crippen LogP contribution >= 0.6 is 0 Å². The first kappa shape index (κ1) is 14.6. The van der Waals surface area contributed by atoms with E-state index < -0.39 is 0 Å². The van der Waals surface area contributed by atoms with E-state index >= 15 is 0 Å². The molecule has 0 bridgehead atoms. The van der Waals surface area contributed by atoms with Crippen molar-refractivity contribution in [2.45, 2.75) is 47.2 Å². The largest absolute Gasteiger partial charge is 0.352 e. The quantitative estimate of drug-likeness (QED) is 0.894. The third kappa shape index (κ3) is 3.18. The molecule has 1 aromatic heterocycles. The fourth-order valence-corrected chi connectivity index (χ4v) is 2.42. The second-order valence-corrected chi connectivity index (χ2v) is 5.30. The Labute approximate surface area is 119 Å². The number of halogens is 1. The molecule has 108 valence electrons. The first-order chi connectivity index (χ1) is 9.51. The number of anilines is 1. The van der Waals surface area contributed by atoms with Gasteiger partial charge >= 0.3 is 0 Å². The van der Waals surface area contributed by atoms with E-state index in [-0.39, 0.29) is 5.82 Å². The highest BCUT2D eigenvalue weighted by Crippen LogP contribution is 2.16. The van der Waals surface area contributed by atoms with E-state index in [2.05, 4.69) is 21.8 Å². The van der Waals surface area contributed by atoms with Crippen LogP contribution in [0.5, 0.6) is 0 Å². The SMILES string of the molecule is CCCn1cc(C)nc1NCc1cc(C)c(F)c(C)c1. The molecular formula is C16H22FN3. The van der Waals surface area contributed by atoms with E-state index in [1.165, 1.54) is 0 Å². The van der Waals surface area contributed by atoms with Crippen molar-refractivity contribution in [2.75, 3.05) is 5.32 Å². The number of hydrogen-bond acceptors (Lipinski definition) is 2. The number of nitrogens with zero attached hydrogens (tertiary/aromatic N) is 2. The molecule has 0 radical (unpaired) electrons. The highest BCUT2D eigenvalue weighted by Gasteiger charge is 2.07. The average molecular weight is 275 g/mol. The molecule has 0 aliphatic carbocycles. The molecule has 0 fully saturated rings. The average Bonchev–Trinajstić information content (AvgIpc) is 2.74. The lowest BCUT2D eigenvalue weighted by Gasteiger charge is -2.10. The number of aryl methyl sites for hydroxylation is 4. The van der Waals surface area contributed by atoms with Gasteiger partial charge in [0.15, 0.2) is 0 Å². The van der Waals surface area contributed by atoms with E-state index in [1.54, 1.807) is 13.8 Å². The Kier molecular flexibility index (Phi) is 4.42. The van der Waals surface area contributed by atoms with Gasteiger partial charge in [0.05, 0.1) is 5.69 Å². The van der Waals surface area contributed by atoms with E-state index in [0.717, 1.165) is 30.2 Å². The molecule has 0 aliphatic heterocycles. The minimum atomic E-state index is -0.114. The Hall–Kier alpha value is -1.84. The van der Waals surface area contributed by atoms with Gasteiger partial charge in [-0.05, 0) is 43.9 Å². The van der Waals surface area contributed by atoms with Crippen molar-refractivity contribution in [2.24, 2.45) is 0 Å². The molecule has 0 unspecified atom stereocenters. The Morgan fingerprint density at radius 3 is 2.45 bits per heavy atom. The molecule has 4 heteroatoms. The summed E-state index contributed by atoms with van der Waals surface area (Å²) >= 11 is 0. The molecule has 1 heterocycles. The Balaban J connectivity index is 2.12. The molecule has 0 aliphatic rings. The van der Waals surface area contributed by atoms with Crippen LogP contribution in [0.3, 0.4) is 0 Å². The molecule has 1 N–H and O–H groups in total. The van der Waals surface area contributed by atoms with Gasteiger partial charge in [0.1, 0.15) is 5.82 Å². The predicted octanol–water partition coefficient (Wildman–Crippen LogP) is 3.97. The zero-order valence-electron chi connectivity index (χ0n) is 12.6. The summed E-state index contributed by atoms with van der Waals surface area (Å²) in [7, 11) is 0. The minimum Gasteiger partial charge on any atom is -0.352 e. The molecule has 0 saturated carbocycles. The lowest BCUT2D eigenvalue weighted by atomic mass is 10.1. The lowest BCUT2D eigenvalue weighted by molar-refractivity contribution is 0.608. The van der Waals surface area contributed by atoms with E-state index in [0.29, 0.717) is 17.7 Å². The van der Waals surface area contributed by atoms with Gasteiger partial charge in [-0.25, -0.2) is 9.37 Å². The molecule has 2 aromatic rings. The molecule has 1 aromatic carbocycles. The van der Waals surface area contributed by atoms with Crippen molar-refractivity contribution in [3.63, 3.8) is 0 Å². The molecule has 2 rings (SSSR count). The molecule has 0 saturated heterocycles. The van der Waals surface area contributed by atoms with E-state index in [9.17, 15) is 4.39 Å². The zero-order chi connectivity index (χ0) is 14.7. The maximum atomic E-state index is 13.6. The van der Waals surface area contributed by atoms with Crippen molar-refractivity contribution < 1.29 is 4.39 Å². The summed E-state index contributed by atoms with van der Waals surface area (Å²) in [6.07, 6.45) is 3.12. The van der Waals surface area contributed by atoms with Crippen LogP contribution in [0.2, 0.25) is 0 Å². The fourth-order valence-electron chi connectivity index (χ4n) is 2.42. The van der Waals surface area contributed by atoms with Crippen LogP contribution in [0.4, 0.5) is 10.3 Å². The van der Waals surface area contributed by atoms with Crippen molar-refractivity contribution in [3.8, 4) is 0 Å². The highest BCUT2D eigenvalue weighted by atomic mass is 19.1. The number of nitrogens with one attached hydrogen (secondary N) is 1. The molecule has 0 amide bonds. The van der Waals surface area contributed by atoms with E-state index in [4.69, 9.17) is 0 Å². The number of hydrogen-bond donors (Lipinski definition) is 1. The van der Waals surface area contributed by atoms with Gasteiger partial charge in [-0.3, -0.25) is 0 Å². The van der Waals surface area contributed by atoms with Crippen molar-refractivity contribution >= 4 is 5.95 Å². The second-order valence-electron chi connectivity index (χ2n) is 5.30. The monoisotopic (exact) mass is 275 g/mol. The van der Waals surface area contributed by atoms with Crippen LogP contribution in [0.15, 0.2) is 18.3 Å². The molecule has 0 spiro atoms. The van der Waals surface area contributed by atoms with Gasteiger partial charge in [-0.15, -0.1) is 0 Å². The van der Waals surface area contributed by atoms with Crippen LogP contribution in [-0.4, -0.2) is 9.55 Å². The van der Waals surface area contributed by atoms with E-state index in [1.807, 2.05) is 25.3 Å². The number of aromatic nitrogens is 2. The van der Waals surface area contributed by atoms with Gasteiger partial charge in [-0.1, -0.05) is 19.1 Å². The Bertz CT molecular complexity index is 579. The van der Waals surface area contributed by atoms with Crippen molar-refractivity contribution in [3.05, 3.63) is 46.5 Å². The smallest absolute Gasteiger partial charge is 0.203 e.